The number of phenolic OH excluding ortho intramolecular Hbond substituents is 2. The minimum absolute atomic E-state index is 0.0331. The highest BCUT2D eigenvalue weighted by Gasteiger charge is 2.08. The van der Waals surface area contributed by atoms with Crippen LogP contribution in [-0.4, -0.2) is 16.5 Å². The Morgan fingerprint density at radius 1 is 1.20 bits per heavy atom. The molecule has 0 heterocycles. The number of aryl methyl sites for hydroxylation is 1. The van der Waals surface area contributed by atoms with Crippen LogP contribution in [0, 0.1) is 0 Å². The molecule has 0 radical (unpaired) electrons. The molecule has 0 aliphatic rings. The fraction of sp³-hybridized carbons (Fsp3) is 0.417. The van der Waals surface area contributed by atoms with Crippen LogP contribution in [0.5, 0.6) is 11.5 Å². The second-order valence-corrected chi connectivity index (χ2v) is 3.62. The van der Waals surface area contributed by atoms with Gasteiger partial charge in [0.15, 0.2) is 6.29 Å². The molecule has 1 rings (SSSR count). The maximum Gasteiger partial charge on any atom is 0.157 e. The monoisotopic (exact) mass is 208 g/mol. The molecule has 0 bridgehead atoms. The summed E-state index contributed by atoms with van der Waals surface area (Å²) in [5, 5.41) is 18.9. The average Bonchev–Trinajstić information content (AvgIpc) is 2.18. The summed E-state index contributed by atoms with van der Waals surface area (Å²) < 4.78 is 0. The predicted octanol–water partition coefficient (Wildman–Crippen LogP) is 2.64. The quantitative estimate of drug-likeness (QED) is 0.577. The normalized spacial score (nSPS) is 10.2. The van der Waals surface area contributed by atoms with E-state index in [9.17, 15) is 15.0 Å². The van der Waals surface area contributed by atoms with Crippen molar-refractivity contribution in [3.05, 3.63) is 23.3 Å². The van der Waals surface area contributed by atoms with Crippen molar-refractivity contribution in [2.24, 2.45) is 0 Å². The van der Waals surface area contributed by atoms with Gasteiger partial charge >= 0.3 is 0 Å². The summed E-state index contributed by atoms with van der Waals surface area (Å²) in [6.07, 6.45) is 4.55. The van der Waals surface area contributed by atoms with E-state index in [2.05, 4.69) is 6.92 Å². The first-order valence-corrected chi connectivity index (χ1v) is 5.19. The van der Waals surface area contributed by atoms with Gasteiger partial charge in [-0.1, -0.05) is 19.8 Å². The lowest BCUT2D eigenvalue weighted by Crippen LogP contribution is -1.89. The lowest BCUT2D eigenvalue weighted by atomic mass is 10.0. The van der Waals surface area contributed by atoms with Crippen LogP contribution in [-0.2, 0) is 6.42 Å². The topological polar surface area (TPSA) is 57.5 Å². The molecule has 0 aliphatic carbocycles. The van der Waals surface area contributed by atoms with E-state index in [-0.39, 0.29) is 17.1 Å². The largest absolute Gasteiger partial charge is 0.507 e. The van der Waals surface area contributed by atoms with E-state index in [1.165, 1.54) is 0 Å². The van der Waals surface area contributed by atoms with Gasteiger partial charge in [-0.3, -0.25) is 4.79 Å². The predicted molar refractivity (Wildman–Crippen MR) is 58.4 cm³/mol. The van der Waals surface area contributed by atoms with Crippen molar-refractivity contribution < 1.29 is 15.0 Å². The molecule has 1 aromatic rings. The second kappa shape index (κ2) is 5.39. The molecular formula is C12H16O3. The Morgan fingerprint density at radius 3 is 2.27 bits per heavy atom. The number of aldehydes is 1. The van der Waals surface area contributed by atoms with Crippen LogP contribution < -0.4 is 0 Å². The Labute approximate surface area is 89.4 Å². The molecule has 0 saturated heterocycles. The molecule has 0 atom stereocenters. The Morgan fingerprint density at radius 2 is 1.80 bits per heavy atom. The number of hydrogen-bond acceptors (Lipinski definition) is 3. The standard InChI is InChI=1S/C12H16O3/c1-2-3-4-5-9-6-11(14)10(8-13)12(15)7-9/h6-8,14-15H,2-5H2,1H3. The van der Waals surface area contributed by atoms with E-state index in [4.69, 9.17) is 0 Å². The molecule has 0 saturated carbocycles. The van der Waals surface area contributed by atoms with Crippen molar-refractivity contribution >= 4 is 6.29 Å². The van der Waals surface area contributed by atoms with Crippen LogP contribution in [0.1, 0.15) is 42.1 Å². The van der Waals surface area contributed by atoms with E-state index in [1.54, 1.807) is 12.1 Å². The summed E-state index contributed by atoms with van der Waals surface area (Å²) >= 11 is 0. The number of aromatic hydroxyl groups is 2. The zero-order chi connectivity index (χ0) is 11.3. The van der Waals surface area contributed by atoms with Crippen molar-refractivity contribution in [1.29, 1.82) is 0 Å². The minimum atomic E-state index is -0.142. The Kier molecular flexibility index (Phi) is 4.16. The number of rotatable bonds is 5. The molecule has 0 aromatic heterocycles. The van der Waals surface area contributed by atoms with E-state index >= 15 is 0 Å². The number of hydrogen-bond donors (Lipinski definition) is 2. The van der Waals surface area contributed by atoms with Crippen molar-refractivity contribution in [3.8, 4) is 11.5 Å². The third-order valence-electron chi connectivity index (χ3n) is 2.38. The smallest absolute Gasteiger partial charge is 0.157 e. The molecule has 0 fully saturated rings. The van der Waals surface area contributed by atoms with Gasteiger partial charge in [0, 0.05) is 0 Å². The molecule has 3 heteroatoms. The van der Waals surface area contributed by atoms with Crippen molar-refractivity contribution in [2.45, 2.75) is 32.6 Å². The van der Waals surface area contributed by atoms with Gasteiger partial charge in [0.1, 0.15) is 11.5 Å². The maximum absolute atomic E-state index is 10.5. The van der Waals surface area contributed by atoms with Crippen LogP contribution in [0.3, 0.4) is 0 Å². The van der Waals surface area contributed by atoms with Gasteiger partial charge in [-0.25, -0.2) is 0 Å². The number of carbonyl (C=O) groups excluding carboxylic acids is 1. The van der Waals surface area contributed by atoms with Gasteiger partial charge in [0.2, 0.25) is 0 Å². The molecule has 82 valence electrons. The fourth-order valence-electron chi connectivity index (χ4n) is 1.52. The molecule has 1 aromatic carbocycles. The van der Waals surface area contributed by atoms with Gasteiger partial charge in [0.25, 0.3) is 0 Å². The number of carbonyl (C=O) groups is 1. The van der Waals surface area contributed by atoms with Crippen LogP contribution in [0.2, 0.25) is 0 Å². The van der Waals surface area contributed by atoms with Crippen LogP contribution >= 0.6 is 0 Å². The zero-order valence-electron chi connectivity index (χ0n) is 8.86. The van der Waals surface area contributed by atoms with E-state index < -0.39 is 0 Å². The first-order valence-electron chi connectivity index (χ1n) is 5.19. The van der Waals surface area contributed by atoms with Gasteiger partial charge in [-0.2, -0.15) is 0 Å². The SMILES string of the molecule is CCCCCc1cc(O)c(C=O)c(O)c1. The molecule has 0 spiro atoms. The molecule has 0 unspecified atom stereocenters. The highest BCUT2D eigenvalue weighted by atomic mass is 16.3. The van der Waals surface area contributed by atoms with Crippen LogP contribution in [0.25, 0.3) is 0 Å². The molecule has 0 aliphatic heterocycles. The summed E-state index contributed by atoms with van der Waals surface area (Å²) in [4.78, 5) is 10.5. The summed E-state index contributed by atoms with van der Waals surface area (Å²) in [5.74, 6) is -0.284. The van der Waals surface area contributed by atoms with Crippen molar-refractivity contribution in [1.82, 2.24) is 0 Å². The first kappa shape index (κ1) is 11.6. The molecule has 2 N–H and O–H groups in total. The molecule has 0 amide bonds. The summed E-state index contributed by atoms with van der Waals surface area (Å²) in [5.41, 5.74) is 0.832. The molecular weight excluding hydrogens is 192 g/mol. The maximum atomic E-state index is 10.5. The van der Waals surface area contributed by atoms with E-state index in [0.717, 1.165) is 31.2 Å². The zero-order valence-corrected chi connectivity index (χ0v) is 8.86. The summed E-state index contributed by atoms with van der Waals surface area (Å²) in [6.45, 7) is 2.12. The summed E-state index contributed by atoms with van der Waals surface area (Å²) in [6, 6.07) is 3.08. The van der Waals surface area contributed by atoms with Gasteiger partial charge in [0.05, 0.1) is 5.56 Å². The van der Waals surface area contributed by atoms with Gasteiger partial charge in [-0.15, -0.1) is 0 Å². The lowest BCUT2D eigenvalue weighted by molar-refractivity contribution is 0.111. The van der Waals surface area contributed by atoms with Crippen LogP contribution in [0.15, 0.2) is 12.1 Å². The fourth-order valence-corrected chi connectivity index (χ4v) is 1.52. The summed E-state index contributed by atoms with van der Waals surface area (Å²) in [7, 11) is 0. The Hall–Kier alpha value is -1.51. The number of benzene rings is 1. The van der Waals surface area contributed by atoms with E-state index in [1.807, 2.05) is 0 Å². The Balaban J connectivity index is 2.79. The third kappa shape index (κ3) is 2.98. The van der Waals surface area contributed by atoms with Crippen LogP contribution in [0.4, 0.5) is 0 Å². The number of phenols is 2. The van der Waals surface area contributed by atoms with E-state index in [0.29, 0.717) is 6.29 Å². The highest BCUT2D eigenvalue weighted by molar-refractivity contribution is 5.83. The lowest BCUT2D eigenvalue weighted by Gasteiger charge is -2.05. The Bertz CT molecular complexity index is 322. The average molecular weight is 208 g/mol. The van der Waals surface area contributed by atoms with Crippen molar-refractivity contribution in [2.75, 3.05) is 0 Å². The van der Waals surface area contributed by atoms with Gasteiger partial charge in [-0.05, 0) is 30.5 Å². The van der Waals surface area contributed by atoms with Gasteiger partial charge < -0.3 is 10.2 Å². The molecule has 3 nitrogen and oxygen atoms in total. The first-order chi connectivity index (χ1) is 7.19. The third-order valence-corrected chi connectivity index (χ3v) is 2.38. The molecule has 15 heavy (non-hydrogen) atoms. The highest BCUT2D eigenvalue weighted by Crippen LogP contribution is 2.27. The minimum Gasteiger partial charge on any atom is -0.507 e. The van der Waals surface area contributed by atoms with Crippen molar-refractivity contribution in [3.63, 3.8) is 0 Å². The number of unbranched alkanes of at least 4 members (excludes halogenated alkanes) is 2. The second-order valence-electron chi connectivity index (χ2n) is 3.62.